The number of aromatic nitrogens is 2. The van der Waals surface area contributed by atoms with Crippen molar-refractivity contribution in [1.82, 2.24) is 14.7 Å². The lowest BCUT2D eigenvalue weighted by atomic mass is 10.4. The predicted octanol–water partition coefficient (Wildman–Crippen LogP) is 1.88. The summed E-state index contributed by atoms with van der Waals surface area (Å²) >= 11 is 6.48. The van der Waals surface area contributed by atoms with Crippen molar-refractivity contribution in [3.8, 4) is 0 Å². The van der Waals surface area contributed by atoms with Gasteiger partial charge in [0.1, 0.15) is 5.76 Å². The highest BCUT2D eigenvalue weighted by Crippen LogP contribution is 2.22. The number of hydrogen-bond donors (Lipinski definition) is 1. The van der Waals surface area contributed by atoms with Gasteiger partial charge in [-0.1, -0.05) is 22.9 Å². The third-order valence-electron chi connectivity index (χ3n) is 2.21. The average Bonchev–Trinajstić information content (AvgIpc) is 2.85. The van der Waals surface area contributed by atoms with Crippen molar-refractivity contribution >= 4 is 33.0 Å². The van der Waals surface area contributed by atoms with Crippen LogP contribution in [0.3, 0.4) is 0 Å². The molecule has 0 aromatic carbocycles. The number of thiazole rings is 1. The molecule has 1 N–H and O–H groups in total. The molecule has 0 unspecified atom stereocenters. The van der Waals surface area contributed by atoms with Crippen LogP contribution in [-0.2, 0) is 16.6 Å². The monoisotopic (exact) mass is 307 g/mol. The number of halogens is 1. The highest BCUT2D eigenvalue weighted by Gasteiger charge is 2.18. The Balaban J connectivity index is 2.10. The second-order valence-corrected chi connectivity index (χ2v) is 7.11. The van der Waals surface area contributed by atoms with E-state index in [2.05, 4.69) is 14.7 Å². The van der Waals surface area contributed by atoms with Crippen LogP contribution in [0.25, 0.3) is 0 Å². The van der Waals surface area contributed by atoms with Gasteiger partial charge in [0, 0.05) is 0 Å². The van der Waals surface area contributed by atoms with E-state index in [-0.39, 0.29) is 15.2 Å². The van der Waals surface area contributed by atoms with Crippen LogP contribution in [-0.4, -0.2) is 18.4 Å². The first-order valence-electron chi connectivity index (χ1n) is 4.92. The maximum absolute atomic E-state index is 11.8. The molecular weight excluding hydrogens is 298 g/mol. The lowest BCUT2D eigenvalue weighted by molar-refractivity contribution is 0.463. The molecule has 2 aromatic heterocycles. The van der Waals surface area contributed by atoms with E-state index in [4.69, 9.17) is 16.0 Å². The topological polar surface area (TPSA) is 85.1 Å². The second kappa shape index (κ2) is 4.96. The van der Waals surface area contributed by atoms with E-state index in [9.17, 15) is 8.42 Å². The summed E-state index contributed by atoms with van der Waals surface area (Å²) in [7, 11) is -3.62. The number of nitrogens with zero attached hydrogens (tertiary/aromatic N) is 2. The Bertz CT molecular complexity index is 643. The normalized spacial score (nSPS) is 11.9. The van der Waals surface area contributed by atoms with Crippen LogP contribution < -0.4 is 4.72 Å². The van der Waals surface area contributed by atoms with E-state index in [1.807, 2.05) is 0 Å². The SMILES string of the molecule is Cc1nc(CNS(=O)(=O)c2cnc(Cl)s2)oc1C. The fourth-order valence-electron chi connectivity index (χ4n) is 1.21. The summed E-state index contributed by atoms with van der Waals surface area (Å²) in [6.45, 7) is 3.55. The first-order valence-corrected chi connectivity index (χ1v) is 7.60. The Kier molecular flexibility index (Phi) is 3.71. The van der Waals surface area contributed by atoms with Crippen molar-refractivity contribution in [3.63, 3.8) is 0 Å². The number of hydrogen-bond acceptors (Lipinski definition) is 6. The molecule has 0 spiro atoms. The van der Waals surface area contributed by atoms with Crippen molar-refractivity contribution in [1.29, 1.82) is 0 Å². The summed E-state index contributed by atoms with van der Waals surface area (Å²) in [5.41, 5.74) is 0.741. The Labute approximate surface area is 113 Å². The second-order valence-electron chi connectivity index (χ2n) is 3.51. The fraction of sp³-hybridized carbons (Fsp3) is 0.333. The van der Waals surface area contributed by atoms with E-state index in [0.29, 0.717) is 11.7 Å². The van der Waals surface area contributed by atoms with Crippen molar-refractivity contribution in [2.45, 2.75) is 24.6 Å². The van der Waals surface area contributed by atoms with Gasteiger partial charge >= 0.3 is 0 Å². The molecule has 0 saturated carbocycles. The minimum Gasteiger partial charge on any atom is -0.444 e. The van der Waals surface area contributed by atoms with Crippen LogP contribution in [0.1, 0.15) is 17.3 Å². The molecule has 0 fully saturated rings. The van der Waals surface area contributed by atoms with Crippen molar-refractivity contribution < 1.29 is 12.8 Å². The maximum Gasteiger partial charge on any atom is 0.252 e. The van der Waals surface area contributed by atoms with Gasteiger partial charge in [0.15, 0.2) is 8.68 Å². The van der Waals surface area contributed by atoms with Gasteiger partial charge in [-0.3, -0.25) is 0 Å². The molecule has 0 aliphatic heterocycles. The molecule has 0 aliphatic carbocycles. The van der Waals surface area contributed by atoms with Crippen LogP contribution in [0.5, 0.6) is 0 Å². The third kappa shape index (κ3) is 2.89. The summed E-state index contributed by atoms with van der Waals surface area (Å²) in [5.74, 6) is 0.995. The molecule has 98 valence electrons. The average molecular weight is 308 g/mol. The molecule has 0 atom stereocenters. The van der Waals surface area contributed by atoms with Gasteiger partial charge < -0.3 is 4.42 Å². The summed E-state index contributed by atoms with van der Waals surface area (Å²) in [4.78, 5) is 7.76. The van der Waals surface area contributed by atoms with Gasteiger partial charge in [-0.2, -0.15) is 0 Å². The molecule has 0 saturated heterocycles. The standard InChI is InChI=1S/C9H10ClN3O3S2/c1-5-6(2)16-7(13-5)3-12-18(14,15)8-4-11-9(10)17-8/h4,12H,3H2,1-2H3. The quantitative estimate of drug-likeness (QED) is 0.932. The molecule has 18 heavy (non-hydrogen) atoms. The van der Waals surface area contributed by atoms with Gasteiger partial charge in [-0.15, -0.1) is 0 Å². The molecule has 0 radical (unpaired) electrons. The highest BCUT2D eigenvalue weighted by atomic mass is 35.5. The van der Waals surface area contributed by atoms with Gasteiger partial charge in [0.25, 0.3) is 10.0 Å². The smallest absolute Gasteiger partial charge is 0.252 e. The van der Waals surface area contributed by atoms with Crippen LogP contribution in [0.4, 0.5) is 0 Å². The van der Waals surface area contributed by atoms with Gasteiger partial charge in [-0.25, -0.2) is 23.1 Å². The van der Waals surface area contributed by atoms with E-state index < -0.39 is 10.0 Å². The van der Waals surface area contributed by atoms with Crippen molar-refractivity contribution in [2.75, 3.05) is 0 Å². The number of rotatable bonds is 4. The molecule has 2 rings (SSSR count). The van der Waals surface area contributed by atoms with E-state index in [1.54, 1.807) is 13.8 Å². The fourth-order valence-corrected chi connectivity index (χ4v) is 3.52. The summed E-state index contributed by atoms with van der Waals surface area (Å²) in [6, 6.07) is 0. The zero-order valence-electron chi connectivity index (χ0n) is 9.60. The van der Waals surface area contributed by atoms with Crippen LogP contribution in [0, 0.1) is 13.8 Å². The summed E-state index contributed by atoms with van der Waals surface area (Å²) < 4.78 is 31.6. The Hall–Kier alpha value is -0.960. The third-order valence-corrected chi connectivity index (χ3v) is 5.18. The van der Waals surface area contributed by atoms with Crippen molar-refractivity contribution in [2.24, 2.45) is 0 Å². The molecular formula is C9H10ClN3O3S2. The number of aryl methyl sites for hydroxylation is 2. The largest absolute Gasteiger partial charge is 0.444 e. The molecule has 0 bridgehead atoms. The minimum atomic E-state index is -3.62. The van der Waals surface area contributed by atoms with Gasteiger partial charge in [0.05, 0.1) is 18.4 Å². The molecule has 0 amide bonds. The predicted molar refractivity (Wildman–Crippen MR) is 67.1 cm³/mol. The molecule has 2 aromatic rings. The van der Waals surface area contributed by atoms with E-state index in [0.717, 1.165) is 17.0 Å². The number of sulfonamides is 1. The van der Waals surface area contributed by atoms with Crippen LogP contribution >= 0.6 is 22.9 Å². The summed E-state index contributed by atoms with van der Waals surface area (Å²) in [5, 5.41) is 0. The number of oxazole rings is 1. The summed E-state index contributed by atoms with van der Waals surface area (Å²) in [6.07, 6.45) is 1.21. The van der Waals surface area contributed by atoms with Crippen LogP contribution in [0.2, 0.25) is 4.47 Å². The Morgan fingerprint density at radius 2 is 2.22 bits per heavy atom. The first kappa shape index (κ1) is 13.5. The van der Waals surface area contributed by atoms with Crippen LogP contribution in [0.15, 0.2) is 14.8 Å². The highest BCUT2D eigenvalue weighted by molar-refractivity contribution is 7.91. The first-order chi connectivity index (χ1) is 8.38. The van der Waals surface area contributed by atoms with Gasteiger partial charge in [0.2, 0.25) is 5.89 Å². The Morgan fingerprint density at radius 1 is 1.50 bits per heavy atom. The Morgan fingerprint density at radius 3 is 2.72 bits per heavy atom. The van der Waals surface area contributed by atoms with Gasteiger partial charge in [-0.05, 0) is 13.8 Å². The zero-order chi connectivity index (χ0) is 13.3. The molecule has 2 heterocycles. The molecule has 0 aliphatic rings. The van der Waals surface area contributed by atoms with E-state index >= 15 is 0 Å². The molecule has 6 nitrogen and oxygen atoms in total. The zero-order valence-corrected chi connectivity index (χ0v) is 12.0. The van der Waals surface area contributed by atoms with E-state index in [1.165, 1.54) is 6.20 Å². The lowest BCUT2D eigenvalue weighted by Crippen LogP contribution is -2.22. The lowest BCUT2D eigenvalue weighted by Gasteiger charge is -2.00. The maximum atomic E-state index is 11.8. The molecule has 9 heteroatoms. The number of nitrogens with one attached hydrogen (secondary N) is 1. The minimum absolute atomic E-state index is 0.00741. The van der Waals surface area contributed by atoms with Crippen molar-refractivity contribution in [3.05, 3.63) is 28.0 Å².